The molecule has 2 aromatic rings. The van der Waals surface area contributed by atoms with Crippen LogP contribution in [0.1, 0.15) is 24.2 Å². The maximum absolute atomic E-state index is 12.1. The quantitative estimate of drug-likeness (QED) is 0.583. The summed E-state index contributed by atoms with van der Waals surface area (Å²) in [6.07, 6.45) is 1.23. The molecule has 2 rings (SSSR count). The number of amides is 2. The second-order valence-electron chi connectivity index (χ2n) is 5.41. The molecule has 0 aromatic heterocycles. The van der Waals surface area contributed by atoms with Crippen LogP contribution in [-0.4, -0.2) is 17.6 Å². The van der Waals surface area contributed by atoms with Crippen molar-refractivity contribution in [1.82, 2.24) is 0 Å². The van der Waals surface area contributed by atoms with Crippen LogP contribution >= 0.6 is 15.9 Å². The molecule has 6 heteroatoms. The van der Waals surface area contributed by atoms with Crippen molar-refractivity contribution in [2.24, 2.45) is 0 Å². The van der Waals surface area contributed by atoms with Crippen LogP contribution in [0.15, 0.2) is 64.7 Å². The Hall–Kier alpha value is -2.73. The van der Waals surface area contributed by atoms with Gasteiger partial charge in [0.1, 0.15) is 0 Å². The Morgan fingerprint density at radius 3 is 1.92 bits per heavy atom. The Kier molecular flexibility index (Phi) is 6.25. The first kappa shape index (κ1) is 18.6. The summed E-state index contributed by atoms with van der Waals surface area (Å²) >= 11 is 3.32. The topological polar surface area (TPSA) is 75.3 Å². The zero-order chi connectivity index (χ0) is 18.4. The van der Waals surface area contributed by atoms with E-state index in [9.17, 15) is 14.4 Å². The van der Waals surface area contributed by atoms with Gasteiger partial charge in [-0.3, -0.25) is 14.4 Å². The summed E-state index contributed by atoms with van der Waals surface area (Å²) in [6, 6.07) is 13.7. The molecular weight excluding hydrogens is 384 g/mol. The van der Waals surface area contributed by atoms with Gasteiger partial charge in [-0.2, -0.15) is 0 Å². The number of carbonyl (C=O) groups is 3. The third-order valence-electron chi connectivity index (χ3n) is 3.37. The molecule has 0 saturated heterocycles. The molecular formula is C19H17BrN2O3. The highest BCUT2D eigenvalue weighted by molar-refractivity contribution is 9.10. The predicted molar refractivity (Wildman–Crippen MR) is 102 cm³/mol. The Balaban J connectivity index is 1.97. The van der Waals surface area contributed by atoms with Gasteiger partial charge in [0.2, 0.25) is 5.91 Å². The number of rotatable bonds is 5. The van der Waals surface area contributed by atoms with Crippen LogP contribution < -0.4 is 10.6 Å². The molecule has 0 aliphatic carbocycles. The molecule has 0 atom stereocenters. The van der Waals surface area contributed by atoms with Crippen molar-refractivity contribution in [1.29, 1.82) is 0 Å². The minimum Gasteiger partial charge on any atom is -0.323 e. The minimum atomic E-state index is -0.418. The standard InChI is InChI=1S/C19H17BrN2O3/c1-12(19(25)22-17-9-5-15(20)6-10-17)11-18(24)21-16-7-3-14(4-8-16)13(2)23/h3-11H,1-2H3,(H,21,24)(H,22,25)/b12-11+. The fraction of sp³-hybridized carbons (Fsp3) is 0.105. The van der Waals surface area contributed by atoms with Gasteiger partial charge < -0.3 is 10.6 Å². The molecule has 128 valence electrons. The lowest BCUT2D eigenvalue weighted by Crippen LogP contribution is -2.16. The van der Waals surface area contributed by atoms with Gasteiger partial charge in [0.15, 0.2) is 5.78 Å². The van der Waals surface area contributed by atoms with Gasteiger partial charge in [0.25, 0.3) is 5.91 Å². The van der Waals surface area contributed by atoms with Crippen LogP contribution in [0.3, 0.4) is 0 Å². The molecule has 0 aliphatic rings. The molecule has 0 bridgehead atoms. The third kappa shape index (κ3) is 5.69. The average Bonchev–Trinajstić information content (AvgIpc) is 2.57. The number of hydrogen-bond acceptors (Lipinski definition) is 3. The Bertz CT molecular complexity index is 825. The molecule has 2 N–H and O–H groups in total. The van der Waals surface area contributed by atoms with E-state index < -0.39 is 5.91 Å². The number of carbonyl (C=O) groups excluding carboxylic acids is 3. The maximum atomic E-state index is 12.1. The third-order valence-corrected chi connectivity index (χ3v) is 3.90. The van der Waals surface area contributed by atoms with E-state index >= 15 is 0 Å². The normalized spacial score (nSPS) is 10.9. The van der Waals surface area contributed by atoms with Crippen molar-refractivity contribution in [2.75, 3.05) is 10.6 Å². The lowest BCUT2D eigenvalue weighted by atomic mass is 10.1. The first-order valence-electron chi connectivity index (χ1n) is 7.52. The zero-order valence-corrected chi connectivity index (χ0v) is 15.4. The fourth-order valence-corrected chi connectivity index (χ4v) is 2.26. The van der Waals surface area contributed by atoms with Gasteiger partial charge in [0.05, 0.1) is 0 Å². The summed E-state index contributed by atoms with van der Waals surface area (Å²) in [4.78, 5) is 35.3. The number of anilines is 2. The largest absolute Gasteiger partial charge is 0.323 e. The van der Waals surface area contributed by atoms with E-state index in [2.05, 4.69) is 26.6 Å². The van der Waals surface area contributed by atoms with Crippen LogP contribution in [0, 0.1) is 0 Å². The van der Waals surface area contributed by atoms with Crippen molar-refractivity contribution < 1.29 is 14.4 Å². The van der Waals surface area contributed by atoms with E-state index in [0.29, 0.717) is 16.9 Å². The molecule has 2 amide bonds. The minimum absolute atomic E-state index is 0.0433. The van der Waals surface area contributed by atoms with Crippen molar-refractivity contribution in [2.45, 2.75) is 13.8 Å². The number of benzene rings is 2. The van der Waals surface area contributed by atoms with Gasteiger partial charge in [-0.15, -0.1) is 0 Å². The summed E-state index contributed by atoms with van der Waals surface area (Å²) in [5.41, 5.74) is 2.04. The van der Waals surface area contributed by atoms with Crippen LogP contribution in [0.2, 0.25) is 0 Å². The molecule has 0 unspecified atom stereocenters. The van der Waals surface area contributed by atoms with E-state index in [1.54, 1.807) is 43.3 Å². The van der Waals surface area contributed by atoms with E-state index in [1.165, 1.54) is 13.0 Å². The number of ketones is 1. The van der Waals surface area contributed by atoms with E-state index in [0.717, 1.165) is 4.47 Å². The Morgan fingerprint density at radius 1 is 0.840 bits per heavy atom. The lowest BCUT2D eigenvalue weighted by molar-refractivity contribution is -0.114. The van der Waals surface area contributed by atoms with Crippen molar-refractivity contribution in [3.8, 4) is 0 Å². The van der Waals surface area contributed by atoms with Crippen molar-refractivity contribution in [3.05, 3.63) is 70.2 Å². The second kappa shape index (κ2) is 8.39. The van der Waals surface area contributed by atoms with E-state index in [1.807, 2.05) is 12.1 Å². The van der Waals surface area contributed by atoms with E-state index in [-0.39, 0.29) is 17.3 Å². The van der Waals surface area contributed by atoms with Crippen molar-refractivity contribution >= 4 is 44.9 Å². The molecule has 25 heavy (non-hydrogen) atoms. The van der Waals surface area contributed by atoms with Gasteiger partial charge >= 0.3 is 0 Å². The molecule has 5 nitrogen and oxygen atoms in total. The lowest BCUT2D eigenvalue weighted by Gasteiger charge is -2.06. The van der Waals surface area contributed by atoms with Crippen molar-refractivity contribution in [3.63, 3.8) is 0 Å². The first-order chi connectivity index (χ1) is 11.8. The number of hydrogen-bond donors (Lipinski definition) is 2. The molecule has 0 aliphatic heterocycles. The summed E-state index contributed by atoms with van der Waals surface area (Å²) in [6.45, 7) is 3.04. The van der Waals surface area contributed by atoms with Gasteiger partial charge in [-0.25, -0.2) is 0 Å². The summed E-state index contributed by atoms with van der Waals surface area (Å²) in [5, 5.41) is 5.36. The van der Waals surface area contributed by atoms with Crippen LogP contribution in [0.5, 0.6) is 0 Å². The summed E-state index contributed by atoms with van der Waals surface area (Å²) in [5.74, 6) is -0.818. The van der Waals surface area contributed by atoms with E-state index in [4.69, 9.17) is 0 Å². The van der Waals surface area contributed by atoms with Gasteiger partial charge in [-0.1, -0.05) is 15.9 Å². The molecule has 0 fully saturated rings. The summed E-state index contributed by atoms with van der Waals surface area (Å²) in [7, 11) is 0. The number of nitrogens with one attached hydrogen (secondary N) is 2. The smallest absolute Gasteiger partial charge is 0.251 e. The first-order valence-corrected chi connectivity index (χ1v) is 8.31. The van der Waals surface area contributed by atoms with Crippen LogP contribution in [0.25, 0.3) is 0 Å². The summed E-state index contributed by atoms with van der Waals surface area (Å²) < 4.78 is 0.910. The van der Waals surface area contributed by atoms with Crippen LogP contribution in [-0.2, 0) is 9.59 Å². The molecule has 0 heterocycles. The average molecular weight is 401 g/mol. The maximum Gasteiger partial charge on any atom is 0.251 e. The molecule has 0 saturated carbocycles. The van der Waals surface area contributed by atoms with Gasteiger partial charge in [-0.05, 0) is 62.4 Å². The second-order valence-corrected chi connectivity index (χ2v) is 6.33. The zero-order valence-electron chi connectivity index (χ0n) is 13.8. The Morgan fingerprint density at radius 2 is 1.36 bits per heavy atom. The SMILES string of the molecule is CC(=O)c1ccc(NC(=O)/C=C(\C)C(=O)Nc2ccc(Br)cc2)cc1. The number of Topliss-reactive ketones (excluding diaryl/α,β-unsaturated/α-hetero) is 1. The predicted octanol–water partition coefficient (Wildman–Crippen LogP) is 4.18. The molecule has 2 aromatic carbocycles. The Labute approximate surface area is 154 Å². The monoisotopic (exact) mass is 400 g/mol. The highest BCUT2D eigenvalue weighted by Crippen LogP contribution is 2.15. The molecule has 0 spiro atoms. The highest BCUT2D eigenvalue weighted by Gasteiger charge is 2.08. The van der Waals surface area contributed by atoms with Crippen LogP contribution in [0.4, 0.5) is 11.4 Å². The molecule has 0 radical (unpaired) electrons. The highest BCUT2D eigenvalue weighted by atomic mass is 79.9. The number of halogens is 1. The van der Waals surface area contributed by atoms with Gasteiger partial charge in [0, 0.05) is 33.1 Å². The fourth-order valence-electron chi connectivity index (χ4n) is 1.99.